The Balaban J connectivity index is 2.19. The monoisotopic (exact) mass is 278 g/mol. The lowest BCUT2D eigenvalue weighted by Crippen LogP contribution is -2.48. The Morgan fingerprint density at radius 2 is 2.00 bits per heavy atom. The molecule has 1 aliphatic carbocycles. The van der Waals surface area contributed by atoms with E-state index in [2.05, 4.69) is 41.4 Å². The summed E-state index contributed by atoms with van der Waals surface area (Å²) in [7, 11) is 0. The van der Waals surface area contributed by atoms with Crippen LogP contribution in [0.2, 0.25) is 0 Å². The molecule has 1 fully saturated rings. The van der Waals surface area contributed by atoms with Gasteiger partial charge < -0.3 is 15.7 Å². The fourth-order valence-corrected chi connectivity index (χ4v) is 2.33. The van der Waals surface area contributed by atoms with E-state index in [1.54, 1.807) is 0 Å². The zero-order valence-corrected chi connectivity index (χ0v) is 12.7. The molecule has 0 bridgehead atoms. The minimum atomic E-state index is -0.176. The Morgan fingerprint density at radius 3 is 2.50 bits per heavy atom. The summed E-state index contributed by atoms with van der Waals surface area (Å²) in [5.74, 6) is 2.79. The molecule has 0 amide bonds. The van der Waals surface area contributed by atoms with E-state index in [1.165, 1.54) is 0 Å². The van der Waals surface area contributed by atoms with Crippen molar-refractivity contribution in [3.8, 4) is 0 Å². The van der Waals surface area contributed by atoms with Gasteiger partial charge in [-0.3, -0.25) is 0 Å². The first kappa shape index (κ1) is 15.0. The molecule has 3 N–H and O–H groups in total. The predicted molar refractivity (Wildman–Crippen MR) is 82.2 cm³/mol. The fourth-order valence-electron chi connectivity index (χ4n) is 2.33. The molecule has 2 rings (SSSR count). The third-order valence-corrected chi connectivity index (χ3v) is 3.82. The van der Waals surface area contributed by atoms with Crippen molar-refractivity contribution in [2.24, 2.45) is 0 Å². The largest absolute Gasteiger partial charge is 0.394 e. The zero-order chi connectivity index (χ0) is 14.6. The lowest BCUT2D eigenvalue weighted by molar-refractivity contribution is 0.144. The first-order valence-corrected chi connectivity index (χ1v) is 7.60. The predicted octanol–water partition coefficient (Wildman–Crippen LogP) is 2.75. The number of aliphatic hydroxyl groups is 1. The van der Waals surface area contributed by atoms with E-state index in [-0.39, 0.29) is 18.1 Å². The molecular formula is C15H26N4O. The van der Waals surface area contributed by atoms with Gasteiger partial charge in [0.2, 0.25) is 0 Å². The van der Waals surface area contributed by atoms with Crippen molar-refractivity contribution in [2.75, 3.05) is 23.8 Å². The third kappa shape index (κ3) is 3.39. The molecule has 0 saturated heterocycles. The topological polar surface area (TPSA) is 70.1 Å². The highest BCUT2D eigenvalue weighted by atomic mass is 16.3. The first-order chi connectivity index (χ1) is 9.58. The number of hydrogen-bond acceptors (Lipinski definition) is 5. The van der Waals surface area contributed by atoms with Crippen molar-refractivity contribution in [2.45, 2.75) is 57.9 Å². The van der Waals surface area contributed by atoms with Gasteiger partial charge in [0.05, 0.1) is 12.1 Å². The summed E-state index contributed by atoms with van der Waals surface area (Å²) in [6, 6.07) is 1.94. The minimum Gasteiger partial charge on any atom is -0.394 e. The van der Waals surface area contributed by atoms with Crippen LogP contribution in [-0.2, 0) is 0 Å². The SMILES string of the molecule is CCCNc1cc(NC2(CO)CCC2)nc(C(C)C)n1. The summed E-state index contributed by atoms with van der Waals surface area (Å²) in [6.45, 7) is 7.37. The van der Waals surface area contributed by atoms with E-state index in [0.29, 0.717) is 0 Å². The Labute approximate surface area is 121 Å². The average molecular weight is 278 g/mol. The molecule has 1 aromatic rings. The fraction of sp³-hybridized carbons (Fsp3) is 0.733. The van der Waals surface area contributed by atoms with Gasteiger partial charge >= 0.3 is 0 Å². The second-order valence-corrected chi connectivity index (χ2v) is 6.00. The summed E-state index contributed by atoms with van der Waals surface area (Å²) in [5.41, 5.74) is -0.176. The van der Waals surface area contributed by atoms with Crippen molar-refractivity contribution in [1.29, 1.82) is 0 Å². The average Bonchev–Trinajstić information content (AvgIpc) is 2.40. The Bertz CT molecular complexity index is 438. The molecule has 1 heterocycles. The number of anilines is 2. The molecule has 0 unspecified atom stereocenters. The third-order valence-electron chi connectivity index (χ3n) is 3.82. The van der Waals surface area contributed by atoms with Gasteiger partial charge in [-0.25, -0.2) is 9.97 Å². The van der Waals surface area contributed by atoms with Crippen LogP contribution in [0.1, 0.15) is 58.2 Å². The van der Waals surface area contributed by atoms with Crippen LogP contribution in [0.15, 0.2) is 6.07 Å². The summed E-state index contributed by atoms with van der Waals surface area (Å²) in [5, 5.41) is 16.3. The molecule has 5 heteroatoms. The molecule has 0 radical (unpaired) electrons. The van der Waals surface area contributed by atoms with E-state index in [4.69, 9.17) is 0 Å². The van der Waals surface area contributed by atoms with Crippen molar-refractivity contribution in [3.63, 3.8) is 0 Å². The number of nitrogens with one attached hydrogen (secondary N) is 2. The number of hydrogen-bond donors (Lipinski definition) is 3. The van der Waals surface area contributed by atoms with Crippen LogP contribution in [0.3, 0.4) is 0 Å². The normalized spacial score (nSPS) is 16.9. The van der Waals surface area contributed by atoms with E-state index < -0.39 is 0 Å². The maximum Gasteiger partial charge on any atom is 0.135 e. The Hall–Kier alpha value is -1.36. The molecule has 0 atom stereocenters. The van der Waals surface area contributed by atoms with Gasteiger partial charge in [0.25, 0.3) is 0 Å². The lowest BCUT2D eigenvalue weighted by atomic mass is 9.77. The van der Waals surface area contributed by atoms with Crippen LogP contribution in [-0.4, -0.2) is 33.8 Å². The van der Waals surface area contributed by atoms with Gasteiger partial charge in [0, 0.05) is 18.5 Å². The Kier molecular flexibility index (Phi) is 4.81. The molecule has 1 saturated carbocycles. The molecule has 1 aromatic heterocycles. The van der Waals surface area contributed by atoms with Crippen LogP contribution >= 0.6 is 0 Å². The zero-order valence-electron chi connectivity index (χ0n) is 12.7. The smallest absolute Gasteiger partial charge is 0.135 e. The van der Waals surface area contributed by atoms with Crippen LogP contribution in [0, 0.1) is 0 Å². The molecule has 112 valence electrons. The minimum absolute atomic E-state index is 0.158. The molecule has 1 aliphatic rings. The van der Waals surface area contributed by atoms with E-state index in [0.717, 1.165) is 49.7 Å². The van der Waals surface area contributed by atoms with Gasteiger partial charge in [-0.2, -0.15) is 0 Å². The maximum absolute atomic E-state index is 9.57. The van der Waals surface area contributed by atoms with Crippen LogP contribution < -0.4 is 10.6 Å². The summed E-state index contributed by atoms with van der Waals surface area (Å²) >= 11 is 0. The highest BCUT2D eigenvalue weighted by Gasteiger charge is 2.36. The van der Waals surface area contributed by atoms with E-state index in [1.807, 2.05) is 6.07 Å². The van der Waals surface area contributed by atoms with Crippen molar-refractivity contribution in [1.82, 2.24) is 9.97 Å². The van der Waals surface area contributed by atoms with Crippen LogP contribution in [0.25, 0.3) is 0 Å². The van der Waals surface area contributed by atoms with Crippen LogP contribution in [0.4, 0.5) is 11.6 Å². The van der Waals surface area contributed by atoms with Crippen molar-refractivity contribution < 1.29 is 5.11 Å². The standard InChI is InChI=1S/C15H26N4O/c1-4-8-16-12-9-13(18-14(17-12)11(2)3)19-15(10-20)6-5-7-15/h9,11,20H,4-8,10H2,1-3H3,(H2,16,17,18,19). The molecule has 0 spiro atoms. The lowest BCUT2D eigenvalue weighted by Gasteiger charge is -2.41. The van der Waals surface area contributed by atoms with Gasteiger partial charge in [-0.15, -0.1) is 0 Å². The number of rotatable bonds is 7. The summed E-state index contributed by atoms with van der Waals surface area (Å²) < 4.78 is 0. The second-order valence-electron chi connectivity index (χ2n) is 6.00. The quantitative estimate of drug-likeness (QED) is 0.715. The Morgan fingerprint density at radius 1 is 1.30 bits per heavy atom. The van der Waals surface area contributed by atoms with Gasteiger partial charge in [-0.05, 0) is 25.7 Å². The van der Waals surface area contributed by atoms with Crippen LogP contribution in [0.5, 0.6) is 0 Å². The molecule has 0 aliphatic heterocycles. The molecule has 5 nitrogen and oxygen atoms in total. The number of nitrogens with zero attached hydrogens (tertiary/aromatic N) is 2. The maximum atomic E-state index is 9.57. The molecular weight excluding hydrogens is 252 g/mol. The summed E-state index contributed by atoms with van der Waals surface area (Å²) in [6.07, 6.45) is 4.23. The molecule has 20 heavy (non-hydrogen) atoms. The van der Waals surface area contributed by atoms with Crippen molar-refractivity contribution >= 4 is 11.6 Å². The van der Waals surface area contributed by atoms with Gasteiger partial charge in [-0.1, -0.05) is 20.8 Å². The molecule has 0 aromatic carbocycles. The number of aliphatic hydroxyl groups excluding tert-OH is 1. The first-order valence-electron chi connectivity index (χ1n) is 7.60. The van der Waals surface area contributed by atoms with Gasteiger partial charge in [0.15, 0.2) is 0 Å². The highest BCUT2D eigenvalue weighted by Crippen LogP contribution is 2.34. The summed E-state index contributed by atoms with van der Waals surface area (Å²) in [4.78, 5) is 9.13. The van der Waals surface area contributed by atoms with E-state index in [9.17, 15) is 5.11 Å². The second kappa shape index (κ2) is 6.39. The highest BCUT2D eigenvalue weighted by molar-refractivity contribution is 5.49. The van der Waals surface area contributed by atoms with Gasteiger partial charge in [0.1, 0.15) is 17.5 Å². The van der Waals surface area contributed by atoms with Crippen molar-refractivity contribution in [3.05, 3.63) is 11.9 Å². The van der Waals surface area contributed by atoms with E-state index >= 15 is 0 Å². The number of aromatic nitrogens is 2.